The summed E-state index contributed by atoms with van der Waals surface area (Å²) in [6.07, 6.45) is 5.22. The van der Waals surface area contributed by atoms with Gasteiger partial charge in [-0.25, -0.2) is 9.97 Å². The number of fused-ring (bicyclic) bond motifs is 2. The Balaban J connectivity index is 1.51. The van der Waals surface area contributed by atoms with Crippen LogP contribution in [0.1, 0.15) is 19.3 Å². The molecule has 0 bridgehead atoms. The van der Waals surface area contributed by atoms with Gasteiger partial charge in [-0.05, 0) is 49.7 Å². The summed E-state index contributed by atoms with van der Waals surface area (Å²) in [7, 11) is 0. The van der Waals surface area contributed by atoms with Gasteiger partial charge in [0.2, 0.25) is 6.79 Å². The summed E-state index contributed by atoms with van der Waals surface area (Å²) in [6, 6.07) is 6.20. The number of hydrogen-bond acceptors (Lipinski definition) is 7. The summed E-state index contributed by atoms with van der Waals surface area (Å²) < 4.78 is 13.1. The van der Waals surface area contributed by atoms with Crippen molar-refractivity contribution in [2.45, 2.75) is 41.9 Å². The van der Waals surface area contributed by atoms with E-state index in [4.69, 9.17) is 31.8 Å². The molecule has 3 N–H and O–H groups in total. The van der Waals surface area contributed by atoms with Crippen LogP contribution in [0.4, 0.5) is 5.82 Å². The fourth-order valence-corrected chi connectivity index (χ4v) is 4.93. The first kappa shape index (κ1) is 17.9. The van der Waals surface area contributed by atoms with Crippen molar-refractivity contribution in [1.29, 1.82) is 0 Å². The molecule has 1 atom stereocenters. The van der Waals surface area contributed by atoms with E-state index in [0.717, 1.165) is 40.6 Å². The Morgan fingerprint density at radius 1 is 1.32 bits per heavy atom. The summed E-state index contributed by atoms with van der Waals surface area (Å²) in [4.78, 5) is 9.83. The average molecular weight is 418 g/mol. The van der Waals surface area contributed by atoms with E-state index >= 15 is 0 Å². The molecule has 0 amide bonds. The van der Waals surface area contributed by atoms with E-state index in [1.165, 1.54) is 24.6 Å². The number of aryl methyl sites for hydroxylation is 1. The molecule has 0 saturated carbocycles. The van der Waals surface area contributed by atoms with Crippen LogP contribution in [-0.2, 0) is 6.54 Å². The van der Waals surface area contributed by atoms with Gasteiger partial charge in [-0.3, -0.25) is 0 Å². The molecule has 5 rings (SSSR count). The maximum absolute atomic E-state index is 6.48. The van der Waals surface area contributed by atoms with Crippen LogP contribution in [-0.4, -0.2) is 33.9 Å². The maximum atomic E-state index is 6.48. The number of pyridine rings is 1. The quantitative estimate of drug-likeness (QED) is 0.654. The van der Waals surface area contributed by atoms with Crippen molar-refractivity contribution in [1.82, 2.24) is 19.9 Å². The van der Waals surface area contributed by atoms with Gasteiger partial charge in [0.05, 0.1) is 10.5 Å². The maximum Gasteiger partial charge on any atom is 0.231 e. The van der Waals surface area contributed by atoms with Crippen LogP contribution in [0.25, 0.3) is 11.0 Å². The molecule has 2 aliphatic rings. The second kappa shape index (κ2) is 7.35. The van der Waals surface area contributed by atoms with E-state index in [1.54, 1.807) is 12.3 Å². The number of nitrogens with zero attached hydrogens (tertiary/aromatic N) is 3. The summed E-state index contributed by atoms with van der Waals surface area (Å²) in [6.45, 7) is 2.16. The SMILES string of the molecule is Nc1nccc2c1nc(Sc1cc3c(cc1Cl)OCO3)n2CCC1CCCN1. The van der Waals surface area contributed by atoms with Crippen LogP contribution in [0.5, 0.6) is 11.5 Å². The van der Waals surface area contributed by atoms with Crippen LogP contribution in [0, 0.1) is 0 Å². The number of halogens is 1. The number of ether oxygens (including phenoxy) is 2. The lowest BCUT2D eigenvalue weighted by atomic mass is 10.1. The first-order valence-corrected chi connectivity index (χ1v) is 10.5. The molecule has 0 radical (unpaired) electrons. The fraction of sp³-hybridized carbons (Fsp3) is 0.368. The van der Waals surface area contributed by atoms with Crippen molar-refractivity contribution in [2.75, 3.05) is 19.1 Å². The van der Waals surface area contributed by atoms with Crippen LogP contribution >= 0.6 is 23.4 Å². The molecule has 0 aliphatic carbocycles. The van der Waals surface area contributed by atoms with E-state index in [9.17, 15) is 0 Å². The second-order valence-electron chi connectivity index (χ2n) is 6.93. The number of benzene rings is 1. The topological polar surface area (TPSA) is 87.2 Å². The third-order valence-electron chi connectivity index (χ3n) is 5.15. The number of imidazole rings is 1. The molecule has 3 aromatic rings. The molecule has 9 heteroatoms. The lowest BCUT2D eigenvalue weighted by molar-refractivity contribution is 0.174. The lowest BCUT2D eigenvalue weighted by Gasteiger charge is -2.13. The molecule has 1 unspecified atom stereocenters. The van der Waals surface area contributed by atoms with Crippen molar-refractivity contribution in [2.24, 2.45) is 0 Å². The Hall–Kier alpha value is -2.16. The van der Waals surface area contributed by atoms with Gasteiger partial charge in [-0.15, -0.1) is 0 Å². The predicted molar refractivity (Wildman–Crippen MR) is 109 cm³/mol. The monoisotopic (exact) mass is 417 g/mol. The zero-order valence-corrected chi connectivity index (χ0v) is 16.7. The van der Waals surface area contributed by atoms with E-state index in [2.05, 4.69) is 14.9 Å². The number of nitrogen functional groups attached to an aromatic ring is 1. The molecule has 146 valence electrons. The summed E-state index contributed by atoms with van der Waals surface area (Å²) in [5.41, 5.74) is 7.80. The molecule has 1 saturated heterocycles. The third-order valence-corrected chi connectivity index (χ3v) is 6.63. The number of rotatable bonds is 5. The number of nitrogens with one attached hydrogen (secondary N) is 1. The molecule has 2 aromatic heterocycles. The Bertz CT molecular complexity index is 1030. The van der Waals surface area contributed by atoms with E-state index in [0.29, 0.717) is 28.4 Å². The number of aromatic nitrogens is 3. The molecule has 4 heterocycles. The highest BCUT2D eigenvalue weighted by Crippen LogP contribution is 2.43. The summed E-state index contributed by atoms with van der Waals surface area (Å²) >= 11 is 7.98. The molecule has 0 spiro atoms. The van der Waals surface area contributed by atoms with Gasteiger partial charge in [0.25, 0.3) is 0 Å². The Labute approximate surface area is 171 Å². The highest BCUT2D eigenvalue weighted by Gasteiger charge is 2.21. The number of nitrogens with two attached hydrogens (primary N) is 1. The minimum Gasteiger partial charge on any atom is -0.454 e. The molecule has 2 aliphatic heterocycles. The predicted octanol–water partition coefficient (Wildman–Crippen LogP) is 3.69. The standard InChI is InChI=1S/C19H20ClN5O2S/c20-12-8-14-15(27-10-26-14)9-16(12)28-19-24-17-13(3-6-23-18(17)21)25(19)7-4-11-2-1-5-22-11/h3,6,8-9,11,22H,1-2,4-5,7,10H2,(H2,21,23). The van der Waals surface area contributed by atoms with Gasteiger partial charge >= 0.3 is 0 Å². The van der Waals surface area contributed by atoms with Crippen LogP contribution in [0.2, 0.25) is 5.02 Å². The minimum atomic E-state index is 0.217. The van der Waals surface area contributed by atoms with Crippen molar-refractivity contribution in [3.8, 4) is 11.5 Å². The van der Waals surface area contributed by atoms with E-state index in [-0.39, 0.29) is 6.79 Å². The van der Waals surface area contributed by atoms with Gasteiger partial charge in [-0.2, -0.15) is 0 Å². The molecule has 7 nitrogen and oxygen atoms in total. The van der Waals surface area contributed by atoms with Crippen molar-refractivity contribution >= 4 is 40.2 Å². The van der Waals surface area contributed by atoms with Gasteiger partial charge in [0.1, 0.15) is 5.52 Å². The van der Waals surface area contributed by atoms with Crippen molar-refractivity contribution in [3.63, 3.8) is 0 Å². The Morgan fingerprint density at radius 2 is 2.18 bits per heavy atom. The van der Waals surface area contributed by atoms with Crippen LogP contribution < -0.4 is 20.5 Å². The fourth-order valence-electron chi connectivity index (χ4n) is 3.71. The van der Waals surface area contributed by atoms with Gasteiger partial charge in [0.15, 0.2) is 22.5 Å². The molecule has 1 fully saturated rings. The zero-order valence-electron chi connectivity index (χ0n) is 15.2. The van der Waals surface area contributed by atoms with Crippen LogP contribution in [0.15, 0.2) is 34.4 Å². The zero-order chi connectivity index (χ0) is 19.1. The average Bonchev–Trinajstić information content (AvgIpc) is 3.41. The summed E-state index contributed by atoms with van der Waals surface area (Å²) in [5, 5.41) is 5.00. The first-order valence-electron chi connectivity index (χ1n) is 9.30. The molecule has 28 heavy (non-hydrogen) atoms. The van der Waals surface area contributed by atoms with Gasteiger partial charge < -0.3 is 25.1 Å². The van der Waals surface area contributed by atoms with Crippen molar-refractivity contribution in [3.05, 3.63) is 29.4 Å². The number of anilines is 1. The minimum absolute atomic E-state index is 0.217. The van der Waals surface area contributed by atoms with E-state index < -0.39 is 0 Å². The third kappa shape index (κ3) is 3.25. The Morgan fingerprint density at radius 3 is 3.00 bits per heavy atom. The highest BCUT2D eigenvalue weighted by molar-refractivity contribution is 7.99. The normalized spacial score (nSPS) is 18.2. The van der Waals surface area contributed by atoms with Gasteiger partial charge in [-0.1, -0.05) is 11.6 Å². The first-order chi connectivity index (χ1) is 13.7. The Kier molecular flexibility index (Phi) is 4.70. The second-order valence-corrected chi connectivity index (χ2v) is 8.35. The molecule has 1 aromatic carbocycles. The summed E-state index contributed by atoms with van der Waals surface area (Å²) in [5.74, 6) is 1.81. The van der Waals surface area contributed by atoms with Crippen molar-refractivity contribution < 1.29 is 9.47 Å². The smallest absolute Gasteiger partial charge is 0.231 e. The van der Waals surface area contributed by atoms with E-state index in [1.807, 2.05) is 12.1 Å². The number of hydrogen-bond donors (Lipinski definition) is 2. The lowest BCUT2D eigenvalue weighted by Crippen LogP contribution is -2.23. The molecular weight excluding hydrogens is 398 g/mol. The van der Waals surface area contributed by atoms with Crippen LogP contribution in [0.3, 0.4) is 0 Å². The largest absolute Gasteiger partial charge is 0.454 e. The van der Waals surface area contributed by atoms with Gasteiger partial charge in [0, 0.05) is 29.7 Å². The highest BCUT2D eigenvalue weighted by atomic mass is 35.5. The molecular formula is C19H20ClN5O2S.